The molecule has 0 bridgehead atoms. The zero-order valence-corrected chi connectivity index (χ0v) is 15.9. The second-order valence-electron chi connectivity index (χ2n) is 6.75. The molecule has 2 heterocycles. The van der Waals surface area contributed by atoms with Crippen LogP contribution < -0.4 is 25.8 Å². The molecule has 0 saturated heterocycles. The van der Waals surface area contributed by atoms with Gasteiger partial charge < -0.3 is 25.8 Å². The van der Waals surface area contributed by atoms with Crippen molar-refractivity contribution in [3.05, 3.63) is 60.7 Å². The molecule has 2 aromatic heterocycles. The van der Waals surface area contributed by atoms with Crippen molar-refractivity contribution in [2.75, 3.05) is 12.4 Å². The number of ether oxygens (including phenoxy) is 2. The molecule has 3 aromatic rings. The minimum atomic E-state index is -0.587. The third-order valence-corrected chi connectivity index (χ3v) is 4.49. The molecule has 1 amide bonds. The zero-order valence-electron chi connectivity index (χ0n) is 15.9. The molecule has 1 aliphatic rings. The SMILES string of the molecule is C=C(Nc1ccc(Oc2ccnc3cc(OC)c(C(N)=O)cc23)cn1)NC1CC1. The number of methoxy groups -OCH3 is 1. The zero-order chi connectivity index (χ0) is 20.4. The number of hydrogen-bond donors (Lipinski definition) is 3. The predicted octanol–water partition coefficient (Wildman–Crippen LogP) is 3.16. The summed E-state index contributed by atoms with van der Waals surface area (Å²) in [6.07, 6.45) is 5.57. The first-order chi connectivity index (χ1) is 14.0. The van der Waals surface area contributed by atoms with Gasteiger partial charge in [-0.3, -0.25) is 9.78 Å². The summed E-state index contributed by atoms with van der Waals surface area (Å²) in [7, 11) is 1.48. The van der Waals surface area contributed by atoms with Gasteiger partial charge in [0, 0.05) is 23.7 Å². The molecular weight excluding hydrogens is 370 g/mol. The molecule has 0 unspecified atom stereocenters. The van der Waals surface area contributed by atoms with Gasteiger partial charge in [-0.15, -0.1) is 0 Å². The number of amides is 1. The van der Waals surface area contributed by atoms with Crippen molar-refractivity contribution < 1.29 is 14.3 Å². The highest BCUT2D eigenvalue weighted by Crippen LogP contribution is 2.33. The summed E-state index contributed by atoms with van der Waals surface area (Å²) < 4.78 is 11.2. The summed E-state index contributed by atoms with van der Waals surface area (Å²) in [6.45, 7) is 3.94. The number of nitrogens with one attached hydrogen (secondary N) is 2. The van der Waals surface area contributed by atoms with E-state index in [0.717, 1.165) is 5.82 Å². The van der Waals surface area contributed by atoms with Gasteiger partial charge in [-0.05, 0) is 37.1 Å². The van der Waals surface area contributed by atoms with Crippen LogP contribution in [0.15, 0.2) is 55.1 Å². The van der Waals surface area contributed by atoms with Gasteiger partial charge in [-0.25, -0.2) is 4.98 Å². The lowest BCUT2D eigenvalue weighted by Gasteiger charge is -2.13. The van der Waals surface area contributed by atoms with Crippen LogP contribution in [-0.4, -0.2) is 29.0 Å². The summed E-state index contributed by atoms with van der Waals surface area (Å²) in [5.41, 5.74) is 6.35. The average molecular weight is 391 g/mol. The molecule has 1 aliphatic carbocycles. The maximum Gasteiger partial charge on any atom is 0.252 e. The summed E-state index contributed by atoms with van der Waals surface area (Å²) >= 11 is 0. The van der Waals surface area contributed by atoms with Crippen LogP contribution in [0.5, 0.6) is 17.2 Å². The van der Waals surface area contributed by atoms with Gasteiger partial charge in [0.2, 0.25) is 0 Å². The Labute approximate surface area is 167 Å². The third-order valence-electron chi connectivity index (χ3n) is 4.49. The number of hydrogen-bond acceptors (Lipinski definition) is 7. The topological polar surface area (TPSA) is 111 Å². The number of primary amides is 1. The molecule has 0 atom stereocenters. The van der Waals surface area contributed by atoms with Crippen LogP contribution in [0.3, 0.4) is 0 Å². The Bertz CT molecular complexity index is 1080. The van der Waals surface area contributed by atoms with Crippen molar-refractivity contribution in [2.24, 2.45) is 5.73 Å². The Balaban J connectivity index is 1.56. The van der Waals surface area contributed by atoms with Gasteiger partial charge in [0.05, 0.1) is 30.2 Å². The van der Waals surface area contributed by atoms with Crippen molar-refractivity contribution in [1.29, 1.82) is 0 Å². The Morgan fingerprint density at radius 3 is 2.69 bits per heavy atom. The van der Waals surface area contributed by atoms with Crippen molar-refractivity contribution in [3.63, 3.8) is 0 Å². The Morgan fingerprint density at radius 2 is 2.03 bits per heavy atom. The molecule has 8 nitrogen and oxygen atoms in total. The molecule has 4 rings (SSSR count). The second-order valence-corrected chi connectivity index (χ2v) is 6.75. The van der Waals surface area contributed by atoms with Crippen LogP contribution in [0.4, 0.5) is 5.82 Å². The molecule has 1 aromatic carbocycles. The number of rotatable bonds is 8. The highest BCUT2D eigenvalue weighted by Gasteiger charge is 2.21. The Morgan fingerprint density at radius 1 is 1.21 bits per heavy atom. The molecule has 29 heavy (non-hydrogen) atoms. The van der Waals surface area contributed by atoms with E-state index in [9.17, 15) is 4.79 Å². The molecule has 0 radical (unpaired) electrons. The van der Waals surface area contributed by atoms with Crippen LogP contribution in [0.25, 0.3) is 10.9 Å². The Kier molecular flexibility index (Phi) is 4.90. The first-order valence-electron chi connectivity index (χ1n) is 9.16. The predicted molar refractivity (Wildman–Crippen MR) is 110 cm³/mol. The van der Waals surface area contributed by atoms with Gasteiger partial charge in [-0.1, -0.05) is 6.58 Å². The lowest BCUT2D eigenvalue weighted by molar-refractivity contribution is 0.0997. The van der Waals surface area contributed by atoms with Gasteiger partial charge >= 0.3 is 0 Å². The van der Waals surface area contributed by atoms with Crippen molar-refractivity contribution >= 4 is 22.6 Å². The average Bonchev–Trinajstić information content (AvgIpc) is 3.52. The molecule has 8 heteroatoms. The number of anilines is 1. The number of nitrogens with two attached hydrogens (primary N) is 1. The highest BCUT2D eigenvalue weighted by atomic mass is 16.5. The quantitative estimate of drug-likeness (QED) is 0.541. The third kappa shape index (κ3) is 4.21. The van der Waals surface area contributed by atoms with Gasteiger partial charge in [0.15, 0.2) is 0 Å². The van der Waals surface area contributed by atoms with E-state index in [2.05, 4.69) is 27.2 Å². The first kappa shape index (κ1) is 18.5. The smallest absolute Gasteiger partial charge is 0.252 e. The maximum absolute atomic E-state index is 11.7. The second kappa shape index (κ2) is 7.67. The normalized spacial score (nSPS) is 13.0. The highest BCUT2D eigenvalue weighted by molar-refractivity contribution is 6.01. The van der Waals surface area contributed by atoms with E-state index in [0.29, 0.717) is 40.0 Å². The monoisotopic (exact) mass is 391 g/mol. The number of carbonyl (C=O) groups excluding carboxylic acids is 1. The molecule has 1 fully saturated rings. The van der Waals surface area contributed by atoms with Crippen LogP contribution in [-0.2, 0) is 0 Å². The number of benzene rings is 1. The van der Waals surface area contributed by atoms with Gasteiger partial charge in [-0.2, -0.15) is 0 Å². The number of fused-ring (bicyclic) bond motifs is 1. The maximum atomic E-state index is 11.7. The minimum absolute atomic E-state index is 0.261. The van der Waals surface area contributed by atoms with Crippen LogP contribution in [0.2, 0.25) is 0 Å². The fourth-order valence-corrected chi connectivity index (χ4v) is 2.91. The van der Waals surface area contributed by atoms with E-state index >= 15 is 0 Å². The molecule has 0 spiro atoms. The van der Waals surface area contributed by atoms with E-state index in [1.54, 1.807) is 42.7 Å². The van der Waals surface area contributed by atoms with E-state index in [1.165, 1.54) is 20.0 Å². The summed E-state index contributed by atoms with van der Waals surface area (Å²) in [5, 5.41) is 7.03. The fourth-order valence-electron chi connectivity index (χ4n) is 2.91. The van der Waals surface area contributed by atoms with Crippen molar-refractivity contribution in [3.8, 4) is 17.2 Å². The van der Waals surface area contributed by atoms with E-state index in [-0.39, 0.29) is 5.56 Å². The number of pyridine rings is 2. The van der Waals surface area contributed by atoms with Crippen LogP contribution >= 0.6 is 0 Å². The van der Waals surface area contributed by atoms with Crippen molar-refractivity contribution in [2.45, 2.75) is 18.9 Å². The van der Waals surface area contributed by atoms with E-state index in [4.69, 9.17) is 15.2 Å². The van der Waals surface area contributed by atoms with E-state index < -0.39 is 5.91 Å². The number of carbonyl (C=O) groups is 1. The largest absolute Gasteiger partial charge is 0.496 e. The lowest BCUT2D eigenvalue weighted by atomic mass is 10.1. The summed E-state index contributed by atoms with van der Waals surface area (Å²) in [4.78, 5) is 20.4. The van der Waals surface area contributed by atoms with Crippen molar-refractivity contribution in [1.82, 2.24) is 15.3 Å². The Hall–Kier alpha value is -3.81. The fraction of sp³-hybridized carbons (Fsp3) is 0.190. The summed E-state index contributed by atoms with van der Waals surface area (Å²) in [5.74, 6) is 2.24. The standard InChI is InChI=1S/C21H21N5O3/c1-12(25-13-3-4-13)26-20-6-5-14(11-24-20)29-18-7-8-23-17-10-19(28-2)16(21(22)27)9-15(17)18/h5-11,13,25H,1,3-4H2,2H3,(H2,22,27)(H,24,26). The minimum Gasteiger partial charge on any atom is -0.496 e. The molecule has 0 aliphatic heterocycles. The molecular formula is C21H21N5O3. The van der Waals surface area contributed by atoms with Crippen LogP contribution in [0, 0.1) is 0 Å². The lowest BCUT2D eigenvalue weighted by Crippen LogP contribution is -2.20. The number of aromatic nitrogens is 2. The molecule has 4 N–H and O–H groups in total. The molecule has 148 valence electrons. The van der Waals surface area contributed by atoms with E-state index in [1.807, 2.05) is 0 Å². The van der Waals surface area contributed by atoms with Gasteiger partial charge in [0.25, 0.3) is 5.91 Å². The van der Waals surface area contributed by atoms with Gasteiger partial charge in [0.1, 0.15) is 23.1 Å². The molecule has 1 saturated carbocycles. The summed E-state index contributed by atoms with van der Waals surface area (Å²) in [6, 6.07) is 9.11. The van der Waals surface area contributed by atoms with Crippen LogP contribution in [0.1, 0.15) is 23.2 Å². The number of nitrogens with zero attached hydrogens (tertiary/aromatic N) is 2. The first-order valence-corrected chi connectivity index (χ1v) is 9.16.